The number of rotatable bonds is 4. The third-order valence-electron chi connectivity index (χ3n) is 2.15. The zero-order chi connectivity index (χ0) is 10.4. The molecule has 0 spiro atoms. The van der Waals surface area contributed by atoms with Crippen molar-refractivity contribution in [3.8, 4) is 6.07 Å². The Labute approximate surface area is 84.7 Å². The van der Waals surface area contributed by atoms with E-state index in [1.54, 1.807) is 0 Å². The van der Waals surface area contributed by atoms with Crippen molar-refractivity contribution >= 4 is 11.4 Å². The topological polar surface area (TPSA) is 53.0 Å². The maximum atomic E-state index is 8.52. The Bertz CT molecular complexity index is 328. The molecule has 0 heterocycles. The summed E-state index contributed by atoms with van der Waals surface area (Å²) in [7, 11) is 0. The van der Waals surface area contributed by atoms with Crippen molar-refractivity contribution in [2.45, 2.75) is 13.3 Å². The summed E-state index contributed by atoms with van der Waals surface area (Å²) < 4.78 is 0. The number of nitrogens with zero attached hydrogens (tertiary/aromatic N) is 2. The van der Waals surface area contributed by atoms with Crippen LogP contribution in [0.15, 0.2) is 24.3 Å². The van der Waals surface area contributed by atoms with Crippen molar-refractivity contribution in [2.24, 2.45) is 0 Å². The van der Waals surface area contributed by atoms with E-state index in [1.165, 1.54) is 0 Å². The van der Waals surface area contributed by atoms with E-state index in [0.29, 0.717) is 6.42 Å². The summed E-state index contributed by atoms with van der Waals surface area (Å²) in [5, 5.41) is 8.52. The molecule has 1 rings (SSSR count). The summed E-state index contributed by atoms with van der Waals surface area (Å²) in [6, 6.07) is 9.87. The Morgan fingerprint density at radius 1 is 1.43 bits per heavy atom. The van der Waals surface area contributed by atoms with Crippen LogP contribution in [0.1, 0.15) is 13.3 Å². The summed E-state index contributed by atoms with van der Waals surface area (Å²) >= 11 is 0. The van der Waals surface area contributed by atoms with Gasteiger partial charge in [0.1, 0.15) is 0 Å². The Morgan fingerprint density at radius 2 is 2.14 bits per heavy atom. The van der Waals surface area contributed by atoms with Crippen LogP contribution in [-0.4, -0.2) is 13.1 Å². The number of nitrogen functional groups attached to an aromatic ring is 1. The maximum Gasteiger partial charge on any atom is 0.0640 e. The van der Waals surface area contributed by atoms with Gasteiger partial charge in [-0.2, -0.15) is 5.26 Å². The van der Waals surface area contributed by atoms with Crippen molar-refractivity contribution in [3.63, 3.8) is 0 Å². The average molecular weight is 189 g/mol. The summed E-state index contributed by atoms with van der Waals surface area (Å²) in [6.45, 7) is 3.67. The summed E-state index contributed by atoms with van der Waals surface area (Å²) in [6.07, 6.45) is 0.530. The van der Waals surface area contributed by atoms with Gasteiger partial charge in [-0.25, -0.2) is 0 Å². The highest BCUT2D eigenvalue weighted by Crippen LogP contribution is 2.21. The number of para-hydroxylation sites is 2. The van der Waals surface area contributed by atoms with E-state index in [9.17, 15) is 0 Å². The molecule has 74 valence electrons. The number of hydrogen-bond acceptors (Lipinski definition) is 3. The molecule has 3 nitrogen and oxygen atoms in total. The maximum absolute atomic E-state index is 8.52. The molecule has 0 fully saturated rings. The first-order valence-electron chi connectivity index (χ1n) is 4.76. The van der Waals surface area contributed by atoms with E-state index >= 15 is 0 Å². The molecular formula is C11H15N3. The first kappa shape index (κ1) is 10.4. The van der Waals surface area contributed by atoms with Gasteiger partial charge in [-0.3, -0.25) is 0 Å². The van der Waals surface area contributed by atoms with Gasteiger partial charge in [0.05, 0.1) is 23.9 Å². The van der Waals surface area contributed by atoms with Gasteiger partial charge in [0.25, 0.3) is 0 Å². The number of nitriles is 1. The normalized spacial score (nSPS) is 9.43. The monoisotopic (exact) mass is 189 g/mol. The predicted octanol–water partition coefficient (Wildman–Crippen LogP) is 2.01. The molecule has 1 aromatic carbocycles. The third-order valence-corrected chi connectivity index (χ3v) is 2.15. The lowest BCUT2D eigenvalue weighted by molar-refractivity contribution is 0.828. The second-order valence-electron chi connectivity index (χ2n) is 3.05. The molecule has 0 radical (unpaired) electrons. The number of benzene rings is 1. The van der Waals surface area contributed by atoms with Crippen LogP contribution in [-0.2, 0) is 0 Å². The number of anilines is 2. The molecule has 0 amide bonds. The Balaban J connectivity index is 2.79. The van der Waals surface area contributed by atoms with Crippen molar-refractivity contribution < 1.29 is 0 Å². The van der Waals surface area contributed by atoms with E-state index < -0.39 is 0 Å². The molecule has 0 saturated carbocycles. The minimum absolute atomic E-state index is 0.530. The Hall–Kier alpha value is -1.69. The largest absolute Gasteiger partial charge is 0.397 e. The second-order valence-corrected chi connectivity index (χ2v) is 3.05. The first-order chi connectivity index (χ1) is 6.79. The van der Waals surface area contributed by atoms with Crippen molar-refractivity contribution in [2.75, 3.05) is 23.7 Å². The molecule has 1 aromatic rings. The van der Waals surface area contributed by atoms with E-state index in [2.05, 4.69) is 17.9 Å². The van der Waals surface area contributed by atoms with Gasteiger partial charge in [0.15, 0.2) is 0 Å². The first-order valence-corrected chi connectivity index (χ1v) is 4.76. The van der Waals surface area contributed by atoms with Crippen molar-refractivity contribution in [3.05, 3.63) is 24.3 Å². The molecule has 0 aliphatic rings. The highest BCUT2D eigenvalue weighted by atomic mass is 15.1. The minimum Gasteiger partial charge on any atom is -0.397 e. The highest BCUT2D eigenvalue weighted by molar-refractivity contribution is 5.67. The SMILES string of the molecule is CCN(CCC#N)c1ccccc1N. The molecule has 0 aliphatic carbocycles. The molecule has 0 atom stereocenters. The fourth-order valence-electron chi connectivity index (χ4n) is 1.41. The average Bonchev–Trinajstić information content (AvgIpc) is 2.21. The lowest BCUT2D eigenvalue weighted by atomic mass is 10.2. The van der Waals surface area contributed by atoms with Gasteiger partial charge in [0, 0.05) is 13.1 Å². The molecular weight excluding hydrogens is 174 g/mol. The van der Waals surface area contributed by atoms with Crippen molar-refractivity contribution in [1.29, 1.82) is 5.26 Å². The molecule has 14 heavy (non-hydrogen) atoms. The Morgan fingerprint density at radius 3 is 2.71 bits per heavy atom. The molecule has 0 aromatic heterocycles. The molecule has 0 bridgehead atoms. The molecule has 2 N–H and O–H groups in total. The zero-order valence-corrected chi connectivity index (χ0v) is 8.40. The van der Waals surface area contributed by atoms with Crippen LogP contribution in [0.4, 0.5) is 11.4 Å². The Kier molecular flexibility index (Phi) is 3.81. The predicted molar refractivity (Wildman–Crippen MR) is 59.0 cm³/mol. The molecule has 0 unspecified atom stereocenters. The van der Waals surface area contributed by atoms with Crippen molar-refractivity contribution in [1.82, 2.24) is 0 Å². The van der Waals surface area contributed by atoms with E-state index in [4.69, 9.17) is 11.0 Å². The van der Waals surface area contributed by atoms with Crippen LogP contribution in [0.2, 0.25) is 0 Å². The van der Waals surface area contributed by atoms with Crippen LogP contribution in [0.3, 0.4) is 0 Å². The summed E-state index contributed by atoms with van der Waals surface area (Å²) in [4.78, 5) is 2.11. The quantitative estimate of drug-likeness (QED) is 0.737. The van der Waals surface area contributed by atoms with Gasteiger partial charge in [0.2, 0.25) is 0 Å². The van der Waals surface area contributed by atoms with Gasteiger partial charge in [-0.05, 0) is 19.1 Å². The highest BCUT2D eigenvalue weighted by Gasteiger charge is 2.05. The van der Waals surface area contributed by atoms with Gasteiger partial charge < -0.3 is 10.6 Å². The molecule has 3 heteroatoms. The summed E-state index contributed by atoms with van der Waals surface area (Å²) in [5.74, 6) is 0. The summed E-state index contributed by atoms with van der Waals surface area (Å²) in [5.41, 5.74) is 7.63. The fourth-order valence-corrected chi connectivity index (χ4v) is 1.41. The second kappa shape index (κ2) is 5.13. The third kappa shape index (κ3) is 2.40. The smallest absolute Gasteiger partial charge is 0.0640 e. The number of nitrogens with two attached hydrogens (primary N) is 1. The number of hydrogen-bond donors (Lipinski definition) is 1. The standard InChI is InChI=1S/C11H15N3/c1-2-14(9-5-8-12)11-7-4-3-6-10(11)13/h3-4,6-7H,2,5,9,13H2,1H3. The molecule has 0 aliphatic heterocycles. The van der Waals surface area contributed by atoms with Crippen LogP contribution < -0.4 is 10.6 Å². The fraction of sp³-hybridized carbons (Fsp3) is 0.364. The van der Waals surface area contributed by atoms with E-state index in [1.807, 2.05) is 24.3 Å². The van der Waals surface area contributed by atoms with Crippen LogP contribution in [0, 0.1) is 11.3 Å². The van der Waals surface area contributed by atoms with Gasteiger partial charge in [-0.15, -0.1) is 0 Å². The zero-order valence-electron chi connectivity index (χ0n) is 8.40. The lowest BCUT2D eigenvalue weighted by Gasteiger charge is -2.23. The van der Waals surface area contributed by atoms with E-state index in [-0.39, 0.29) is 0 Å². The van der Waals surface area contributed by atoms with Crippen LogP contribution >= 0.6 is 0 Å². The van der Waals surface area contributed by atoms with Gasteiger partial charge in [-0.1, -0.05) is 12.1 Å². The molecule has 0 saturated heterocycles. The van der Waals surface area contributed by atoms with Crippen LogP contribution in [0.25, 0.3) is 0 Å². The van der Waals surface area contributed by atoms with Gasteiger partial charge >= 0.3 is 0 Å². The lowest BCUT2D eigenvalue weighted by Crippen LogP contribution is -2.24. The van der Waals surface area contributed by atoms with Crippen LogP contribution in [0.5, 0.6) is 0 Å². The minimum atomic E-state index is 0.530. The van der Waals surface area contributed by atoms with E-state index in [0.717, 1.165) is 24.5 Å².